The third kappa shape index (κ3) is 3.70. The highest BCUT2D eigenvalue weighted by Gasteiger charge is 2.00. The van der Waals surface area contributed by atoms with Gasteiger partial charge in [0.1, 0.15) is 5.75 Å². The third-order valence-corrected chi connectivity index (χ3v) is 2.58. The van der Waals surface area contributed by atoms with Crippen molar-refractivity contribution in [2.24, 2.45) is 0 Å². The second-order valence-corrected chi connectivity index (χ2v) is 3.83. The molecule has 0 atom stereocenters. The van der Waals surface area contributed by atoms with Crippen LogP contribution in [0.25, 0.3) is 6.08 Å². The van der Waals surface area contributed by atoms with Gasteiger partial charge in [0, 0.05) is 10.5 Å². The molecule has 0 heterocycles. The Labute approximate surface area is 103 Å². The fourth-order valence-electron chi connectivity index (χ4n) is 1.12. The van der Waals surface area contributed by atoms with Crippen LogP contribution in [0.15, 0.2) is 28.7 Å². The number of hydrogen-bond acceptors (Lipinski definition) is 3. The van der Waals surface area contributed by atoms with Crippen LogP contribution >= 0.6 is 15.9 Å². The summed E-state index contributed by atoms with van der Waals surface area (Å²) >= 11 is 3.39. The van der Waals surface area contributed by atoms with E-state index in [0.29, 0.717) is 6.61 Å². The Balaban J connectivity index is 2.78. The predicted molar refractivity (Wildman–Crippen MR) is 66.4 cm³/mol. The van der Waals surface area contributed by atoms with Crippen molar-refractivity contribution < 1.29 is 14.3 Å². The Kier molecular flexibility index (Phi) is 5.05. The average molecular weight is 285 g/mol. The van der Waals surface area contributed by atoms with E-state index >= 15 is 0 Å². The van der Waals surface area contributed by atoms with Crippen molar-refractivity contribution >= 4 is 28.0 Å². The second-order valence-electron chi connectivity index (χ2n) is 2.97. The quantitative estimate of drug-likeness (QED) is 0.630. The van der Waals surface area contributed by atoms with Crippen LogP contribution in [0.3, 0.4) is 0 Å². The molecule has 0 saturated carbocycles. The number of benzene rings is 1. The molecule has 1 aromatic rings. The number of ether oxygens (including phenoxy) is 2. The van der Waals surface area contributed by atoms with Crippen molar-refractivity contribution in [1.82, 2.24) is 0 Å². The maximum absolute atomic E-state index is 11.1. The Morgan fingerprint density at radius 2 is 2.25 bits per heavy atom. The van der Waals surface area contributed by atoms with Gasteiger partial charge in [-0.1, -0.05) is 22.0 Å². The molecule has 3 nitrogen and oxygen atoms in total. The van der Waals surface area contributed by atoms with Crippen molar-refractivity contribution in [2.45, 2.75) is 6.92 Å². The summed E-state index contributed by atoms with van der Waals surface area (Å²) in [4.78, 5) is 11.1. The van der Waals surface area contributed by atoms with Gasteiger partial charge in [0.2, 0.25) is 0 Å². The minimum Gasteiger partial charge on any atom is -0.497 e. The Morgan fingerprint density at radius 1 is 1.50 bits per heavy atom. The lowest BCUT2D eigenvalue weighted by Gasteiger charge is -2.02. The Bertz CT molecular complexity index is 399. The molecule has 0 radical (unpaired) electrons. The van der Waals surface area contributed by atoms with E-state index in [9.17, 15) is 4.79 Å². The summed E-state index contributed by atoms with van der Waals surface area (Å²) in [5, 5.41) is 0. The molecule has 0 N–H and O–H groups in total. The molecular formula is C12H13BrO3. The van der Waals surface area contributed by atoms with Gasteiger partial charge in [0.05, 0.1) is 13.7 Å². The zero-order valence-electron chi connectivity index (χ0n) is 9.20. The normalized spacial score (nSPS) is 10.4. The molecule has 86 valence electrons. The van der Waals surface area contributed by atoms with Gasteiger partial charge in [-0.3, -0.25) is 0 Å². The van der Waals surface area contributed by atoms with Gasteiger partial charge in [-0.2, -0.15) is 0 Å². The van der Waals surface area contributed by atoms with E-state index in [1.807, 2.05) is 18.2 Å². The molecule has 0 amide bonds. The zero-order valence-corrected chi connectivity index (χ0v) is 10.8. The van der Waals surface area contributed by atoms with Gasteiger partial charge in [0.25, 0.3) is 0 Å². The number of carbonyl (C=O) groups is 1. The van der Waals surface area contributed by atoms with Crippen LogP contribution in [0, 0.1) is 0 Å². The lowest BCUT2D eigenvalue weighted by Crippen LogP contribution is -1.98. The van der Waals surface area contributed by atoms with E-state index in [2.05, 4.69) is 15.9 Å². The molecule has 0 aliphatic carbocycles. The maximum Gasteiger partial charge on any atom is 0.330 e. The van der Waals surface area contributed by atoms with E-state index in [4.69, 9.17) is 9.47 Å². The van der Waals surface area contributed by atoms with Crippen LogP contribution < -0.4 is 4.74 Å². The molecule has 1 rings (SSSR count). The molecule has 1 aromatic carbocycles. The van der Waals surface area contributed by atoms with Crippen molar-refractivity contribution in [3.8, 4) is 5.75 Å². The first-order valence-electron chi connectivity index (χ1n) is 4.85. The summed E-state index contributed by atoms with van der Waals surface area (Å²) < 4.78 is 10.7. The standard InChI is InChI=1S/C12H13BrO3/c1-3-16-12(14)7-5-9-4-6-10(15-2)8-11(9)13/h4-8H,3H2,1-2H3/b7-5+. The van der Waals surface area contributed by atoms with Gasteiger partial charge < -0.3 is 9.47 Å². The van der Waals surface area contributed by atoms with Crippen LogP contribution in [-0.4, -0.2) is 19.7 Å². The first-order valence-corrected chi connectivity index (χ1v) is 5.65. The van der Waals surface area contributed by atoms with Gasteiger partial charge in [0.15, 0.2) is 0 Å². The highest BCUT2D eigenvalue weighted by Crippen LogP contribution is 2.23. The zero-order chi connectivity index (χ0) is 12.0. The molecule has 0 aliphatic heterocycles. The first kappa shape index (κ1) is 12.8. The average Bonchev–Trinajstić information content (AvgIpc) is 2.27. The van der Waals surface area contributed by atoms with E-state index in [-0.39, 0.29) is 5.97 Å². The molecule has 0 saturated heterocycles. The SMILES string of the molecule is CCOC(=O)/C=C/c1ccc(OC)cc1Br. The largest absolute Gasteiger partial charge is 0.497 e. The molecule has 0 unspecified atom stereocenters. The smallest absolute Gasteiger partial charge is 0.330 e. The topological polar surface area (TPSA) is 35.5 Å². The molecule has 16 heavy (non-hydrogen) atoms. The minimum atomic E-state index is -0.342. The maximum atomic E-state index is 11.1. The number of methoxy groups -OCH3 is 1. The summed E-state index contributed by atoms with van der Waals surface area (Å²) in [6.07, 6.45) is 3.09. The summed E-state index contributed by atoms with van der Waals surface area (Å²) in [5.74, 6) is 0.422. The van der Waals surface area contributed by atoms with Crippen molar-refractivity contribution in [3.63, 3.8) is 0 Å². The number of halogens is 1. The Hall–Kier alpha value is -1.29. The highest BCUT2D eigenvalue weighted by atomic mass is 79.9. The molecule has 0 aliphatic rings. The molecular weight excluding hydrogens is 272 g/mol. The fourth-order valence-corrected chi connectivity index (χ4v) is 1.61. The van der Waals surface area contributed by atoms with Crippen LogP contribution in [0.4, 0.5) is 0 Å². The molecule has 0 bridgehead atoms. The van der Waals surface area contributed by atoms with Gasteiger partial charge in [-0.05, 0) is 30.7 Å². The number of carbonyl (C=O) groups excluding carboxylic acids is 1. The van der Waals surface area contributed by atoms with E-state index < -0.39 is 0 Å². The van der Waals surface area contributed by atoms with E-state index in [0.717, 1.165) is 15.8 Å². The number of esters is 1. The summed E-state index contributed by atoms with van der Waals surface area (Å²) in [5.41, 5.74) is 0.897. The second kappa shape index (κ2) is 6.33. The number of hydrogen-bond donors (Lipinski definition) is 0. The highest BCUT2D eigenvalue weighted by molar-refractivity contribution is 9.10. The van der Waals surface area contributed by atoms with Gasteiger partial charge in [-0.25, -0.2) is 4.79 Å². The minimum absolute atomic E-state index is 0.342. The van der Waals surface area contributed by atoms with Crippen LogP contribution in [0.2, 0.25) is 0 Å². The summed E-state index contributed by atoms with van der Waals surface area (Å²) in [6.45, 7) is 2.15. The number of rotatable bonds is 4. The summed E-state index contributed by atoms with van der Waals surface area (Å²) in [6, 6.07) is 5.53. The third-order valence-electron chi connectivity index (χ3n) is 1.89. The van der Waals surface area contributed by atoms with E-state index in [1.165, 1.54) is 6.08 Å². The first-order chi connectivity index (χ1) is 7.67. The van der Waals surface area contributed by atoms with Crippen molar-refractivity contribution in [1.29, 1.82) is 0 Å². The van der Waals surface area contributed by atoms with Crippen LogP contribution in [-0.2, 0) is 9.53 Å². The van der Waals surface area contributed by atoms with Crippen LogP contribution in [0.5, 0.6) is 5.75 Å². The lowest BCUT2D eigenvalue weighted by molar-refractivity contribution is -0.137. The van der Waals surface area contributed by atoms with Crippen molar-refractivity contribution in [3.05, 3.63) is 34.3 Å². The molecule has 0 spiro atoms. The molecule has 0 aromatic heterocycles. The molecule has 0 fully saturated rings. The lowest BCUT2D eigenvalue weighted by atomic mass is 10.2. The fraction of sp³-hybridized carbons (Fsp3) is 0.250. The summed E-state index contributed by atoms with van der Waals surface area (Å²) in [7, 11) is 1.61. The van der Waals surface area contributed by atoms with Crippen LogP contribution in [0.1, 0.15) is 12.5 Å². The van der Waals surface area contributed by atoms with Crippen molar-refractivity contribution in [2.75, 3.05) is 13.7 Å². The molecule has 4 heteroatoms. The Morgan fingerprint density at radius 3 is 2.81 bits per heavy atom. The predicted octanol–water partition coefficient (Wildman–Crippen LogP) is 3.03. The van der Waals surface area contributed by atoms with Gasteiger partial charge >= 0.3 is 5.97 Å². The van der Waals surface area contributed by atoms with Gasteiger partial charge in [-0.15, -0.1) is 0 Å². The monoisotopic (exact) mass is 284 g/mol. The van der Waals surface area contributed by atoms with E-state index in [1.54, 1.807) is 20.1 Å².